The molecule has 1 aliphatic heterocycles. The number of carbonyl (C=O) groups is 3. The van der Waals surface area contributed by atoms with Crippen LogP contribution in [0.25, 0.3) is 6.08 Å². The fourth-order valence-electron chi connectivity index (χ4n) is 3.54. The van der Waals surface area contributed by atoms with Gasteiger partial charge in [0.05, 0.1) is 18.6 Å². The zero-order valence-corrected chi connectivity index (χ0v) is 21.2. The van der Waals surface area contributed by atoms with E-state index in [9.17, 15) is 24.5 Å². The molecule has 0 radical (unpaired) electrons. The first-order valence-corrected chi connectivity index (χ1v) is 11.6. The van der Waals surface area contributed by atoms with Crippen LogP contribution in [-0.4, -0.2) is 34.8 Å². The Balaban J connectivity index is 1.62. The molecule has 3 amide bonds. The summed E-state index contributed by atoms with van der Waals surface area (Å²) in [5.74, 6) is -1.33. The van der Waals surface area contributed by atoms with Crippen molar-refractivity contribution in [3.63, 3.8) is 0 Å². The smallest absolute Gasteiger partial charge is 0.373 e. The highest BCUT2D eigenvalue weighted by Crippen LogP contribution is 2.37. The summed E-state index contributed by atoms with van der Waals surface area (Å²) in [7, 11) is 1.20. The van der Waals surface area contributed by atoms with Crippen LogP contribution in [0.4, 0.5) is 10.5 Å². The number of ether oxygens (including phenoxy) is 2. The highest BCUT2D eigenvalue weighted by Gasteiger charge is 2.35. The Bertz CT molecular complexity index is 1430. The van der Waals surface area contributed by atoms with E-state index in [1.807, 2.05) is 31.2 Å². The maximum absolute atomic E-state index is 13.0. The highest BCUT2D eigenvalue weighted by molar-refractivity contribution is 9.10. The average Bonchev–Trinajstić information content (AvgIpc) is 3.44. The number of nitrogens with one attached hydrogen (secondary N) is 1. The summed E-state index contributed by atoms with van der Waals surface area (Å²) in [6.07, 6.45) is 1.31. The first-order valence-electron chi connectivity index (χ1n) is 10.8. The van der Waals surface area contributed by atoms with Crippen molar-refractivity contribution in [3.8, 4) is 5.75 Å². The van der Waals surface area contributed by atoms with Gasteiger partial charge in [0.1, 0.15) is 18.1 Å². The van der Waals surface area contributed by atoms with E-state index >= 15 is 0 Å². The van der Waals surface area contributed by atoms with Crippen LogP contribution in [0.3, 0.4) is 0 Å². The van der Waals surface area contributed by atoms with E-state index in [1.54, 1.807) is 6.07 Å². The molecular formula is C25H20BrN3O8. The van der Waals surface area contributed by atoms with Crippen LogP contribution >= 0.6 is 15.9 Å². The second kappa shape index (κ2) is 10.7. The van der Waals surface area contributed by atoms with Crippen LogP contribution in [0, 0.1) is 17.0 Å². The third-order valence-corrected chi connectivity index (χ3v) is 5.85. The molecule has 0 spiro atoms. The zero-order valence-electron chi connectivity index (χ0n) is 19.6. The second-order valence-electron chi connectivity index (χ2n) is 8.01. The highest BCUT2D eigenvalue weighted by atomic mass is 79.9. The molecule has 1 N–H and O–H groups in total. The second-order valence-corrected chi connectivity index (χ2v) is 8.93. The molecule has 11 nitrogen and oxygen atoms in total. The molecular weight excluding hydrogens is 550 g/mol. The summed E-state index contributed by atoms with van der Waals surface area (Å²) < 4.78 is 16.1. The Morgan fingerprint density at radius 3 is 2.59 bits per heavy atom. The minimum absolute atomic E-state index is 0.0480. The predicted molar refractivity (Wildman–Crippen MR) is 133 cm³/mol. The van der Waals surface area contributed by atoms with Crippen LogP contribution < -0.4 is 10.1 Å². The zero-order chi connectivity index (χ0) is 26.7. The number of urea groups is 1. The fraction of sp³-hybridized carbons (Fsp3) is 0.160. The van der Waals surface area contributed by atoms with Crippen LogP contribution in [0.2, 0.25) is 0 Å². The van der Waals surface area contributed by atoms with E-state index in [1.165, 1.54) is 31.4 Å². The van der Waals surface area contributed by atoms with Gasteiger partial charge in [-0.25, -0.2) is 9.59 Å². The molecule has 3 aromatic rings. The van der Waals surface area contributed by atoms with Crippen LogP contribution in [0.1, 0.15) is 33.0 Å². The van der Waals surface area contributed by atoms with Gasteiger partial charge in [-0.2, -0.15) is 0 Å². The van der Waals surface area contributed by atoms with Crippen molar-refractivity contribution in [2.75, 3.05) is 7.11 Å². The average molecular weight is 570 g/mol. The van der Waals surface area contributed by atoms with E-state index in [0.717, 1.165) is 16.0 Å². The molecule has 0 unspecified atom stereocenters. The Morgan fingerprint density at radius 2 is 1.92 bits per heavy atom. The minimum atomic E-state index is -0.723. The van der Waals surface area contributed by atoms with Gasteiger partial charge in [0.15, 0.2) is 0 Å². The van der Waals surface area contributed by atoms with Gasteiger partial charge < -0.3 is 19.2 Å². The number of nitro groups is 1. The molecule has 37 heavy (non-hydrogen) atoms. The van der Waals surface area contributed by atoms with E-state index in [2.05, 4.69) is 26.0 Å². The number of furan rings is 1. The van der Waals surface area contributed by atoms with Crippen molar-refractivity contribution in [3.05, 3.63) is 97.0 Å². The summed E-state index contributed by atoms with van der Waals surface area (Å²) in [4.78, 5) is 49.2. The number of rotatable bonds is 8. The summed E-state index contributed by atoms with van der Waals surface area (Å²) in [6.45, 7) is 1.75. The van der Waals surface area contributed by atoms with Crippen molar-refractivity contribution in [1.29, 1.82) is 0 Å². The first kappa shape index (κ1) is 25.6. The molecule has 0 atom stereocenters. The first-order chi connectivity index (χ1) is 17.7. The Hall–Kier alpha value is -4.45. The SMILES string of the molecule is COC(=O)c1ccc(CN2C(=O)N/C(=C\c3cc(Br)cc([N+](=O)[O-])c3OCc3ccc(C)cc3)C2=O)o1. The number of carbonyl (C=O) groups excluding carboxylic acids is 3. The van der Waals surface area contributed by atoms with Gasteiger partial charge in [-0.3, -0.25) is 19.8 Å². The van der Waals surface area contributed by atoms with Gasteiger partial charge >= 0.3 is 17.7 Å². The third-order valence-electron chi connectivity index (χ3n) is 5.39. The molecule has 2 aromatic carbocycles. The van der Waals surface area contributed by atoms with Gasteiger partial charge in [0.2, 0.25) is 11.5 Å². The lowest BCUT2D eigenvalue weighted by Crippen LogP contribution is -2.30. The molecule has 0 bridgehead atoms. The number of nitrogens with zero attached hydrogens (tertiary/aromatic N) is 2. The maximum Gasteiger partial charge on any atom is 0.373 e. The number of amides is 3. The number of nitro benzene ring substituents is 1. The number of halogens is 1. The molecule has 190 valence electrons. The number of aryl methyl sites for hydroxylation is 1. The standard InChI is InChI=1S/C25H20BrN3O8/c1-14-3-5-15(6-4-14)13-36-22-16(9-17(26)11-20(22)29(33)34)10-19-23(30)28(25(32)27-19)12-18-7-8-21(37-18)24(31)35-2/h3-11H,12-13H2,1-2H3,(H,27,32)/b19-10-. The summed E-state index contributed by atoms with van der Waals surface area (Å²) in [5, 5.41) is 14.2. The normalized spacial score (nSPS) is 14.1. The number of hydrogen-bond acceptors (Lipinski definition) is 8. The van der Waals surface area contributed by atoms with Crippen molar-refractivity contribution >= 4 is 45.6 Å². The van der Waals surface area contributed by atoms with Gasteiger partial charge in [-0.05, 0) is 36.8 Å². The van der Waals surface area contributed by atoms with Crippen LogP contribution in [0.15, 0.2) is 63.1 Å². The van der Waals surface area contributed by atoms with Crippen LogP contribution in [0.5, 0.6) is 5.75 Å². The van der Waals surface area contributed by atoms with Crippen molar-refractivity contribution in [1.82, 2.24) is 10.2 Å². The van der Waals surface area contributed by atoms with Crippen molar-refractivity contribution < 1.29 is 33.2 Å². The number of benzene rings is 2. The summed E-state index contributed by atoms with van der Waals surface area (Å²) >= 11 is 3.25. The molecule has 4 rings (SSSR count). The van der Waals surface area contributed by atoms with Gasteiger partial charge in [0.25, 0.3) is 5.91 Å². The van der Waals surface area contributed by atoms with Gasteiger partial charge in [-0.1, -0.05) is 45.8 Å². The monoisotopic (exact) mass is 569 g/mol. The molecule has 12 heteroatoms. The van der Waals surface area contributed by atoms with Gasteiger partial charge in [-0.15, -0.1) is 0 Å². The largest absolute Gasteiger partial charge is 0.482 e. The topological polar surface area (TPSA) is 141 Å². The quantitative estimate of drug-likeness (QED) is 0.135. The summed E-state index contributed by atoms with van der Waals surface area (Å²) in [5.41, 5.74) is 1.64. The van der Waals surface area contributed by atoms with E-state index in [-0.39, 0.29) is 47.4 Å². The van der Waals surface area contributed by atoms with E-state index in [0.29, 0.717) is 4.47 Å². The van der Waals surface area contributed by atoms with Crippen molar-refractivity contribution in [2.45, 2.75) is 20.1 Å². The molecule has 1 aromatic heterocycles. The molecule has 1 saturated heterocycles. The third kappa shape index (κ3) is 5.70. The van der Waals surface area contributed by atoms with Gasteiger partial charge in [0, 0.05) is 16.1 Å². The molecule has 0 aliphatic carbocycles. The number of esters is 1. The number of methoxy groups -OCH3 is 1. The lowest BCUT2D eigenvalue weighted by molar-refractivity contribution is -0.386. The molecule has 0 saturated carbocycles. The fourth-order valence-corrected chi connectivity index (χ4v) is 4.00. The van der Waals surface area contributed by atoms with E-state index in [4.69, 9.17) is 9.15 Å². The van der Waals surface area contributed by atoms with Crippen LogP contribution in [-0.2, 0) is 22.7 Å². The lowest BCUT2D eigenvalue weighted by atomic mass is 10.1. The Labute approximate surface area is 218 Å². The number of imide groups is 1. The van der Waals surface area contributed by atoms with E-state index < -0.39 is 22.8 Å². The minimum Gasteiger partial charge on any atom is -0.482 e. The number of hydrogen-bond donors (Lipinski definition) is 1. The molecule has 2 heterocycles. The summed E-state index contributed by atoms with van der Waals surface area (Å²) in [6, 6.07) is 12.4. The predicted octanol–water partition coefficient (Wildman–Crippen LogP) is 4.72. The lowest BCUT2D eigenvalue weighted by Gasteiger charge is -2.12. The Kier molecular flexibility index (Phi) is 7.39. The van der Waals surface area contributed by atoms with Crippen molar-refractivity contribution in [2.24, 2.45) is 0 Å². The molecule has 1 aliphatic rings. The maximum atomic E-state index is 13.0. The Morgan fingerprint density at radius 1 is 1.19 bits per heavy atom. The molecule has 1 fully saturated rings.